The first-order chi connectivity index (χ1) is 20.7. The summed E-state index contributed by atoms with van der Waals surface area (Å²) in [6.07, 6.45) is 0.683. The van der Waals surface area contributed by atoms with E-state index < -0.39 is 57.7 Å². The van der Waals surface area contributed by atoms with Crippen LogP contribution in [0.15, 0.2) is 59.1 Å². The summed E-state index contributed by atoms with van der Waals surface area (Å²) in [5, 5.41) is 49.3. The van der Waals surface area contributed by atoms with Gasteiger partial charge in [-0.15, -0.1) is 0 Å². The van der Waals surface area contributed by atoms with Crippen LogP contribution in [-0.4, -0.2) is 94.7 Å². The summed E-state index contributed by atoms with van der Waals surface area (Å²) >= 11 is 0. The van der Waals surface area contributed by atoms with Gasteiger partial charge in [0.25, 0.3) is 5.91 Å². The third kappa shape index (κ3) is 4.48. The van der Waals surface area contributed by atoms with Crippen molar-refractivity contribution in [1.29, 1.82) is 0 Å². The van der Waals surface area contributed by atoms with Gasteiger partial charge in [-0.2, -0.15) is 0 Å². The predicted molar refractivity (Wildman–Crippen MR) is 163 cm³/mol. The lowest BCUT2D eigenvalue weighted by Gasteiger charge is -2.56. The van der Waals surface area contributed by atoms with Gasteiger partial charge in [0.05, 0.1) is 17.1 Å². The second kappa shape index (κ2) is 11.0. The number of nitrogens with one attached hydrogen (secondary N) is 1. The fourth-order valence-electron chi connectivity index (χ4n) is 7.20. The number of nitrogens with zero attached hydrogens (tertiary/aromatic N) is 2. The molecule has 5 rings (SSSR count). The number of primary amides is 1. The minimum absolute atomic E-state index is 0.0390. The van der Waals surface area contributed by atoms with Gasteiger partial charge in [-0.25, -0.2) is 0 Å². The number of likely N-dealkylation sites (N-methyl/N-ethyl adjacent to an activating group) is 1. The Morgan fingerprint density at radius 2 is 1.75 bits per heavy atom. The van der Waals surface area contributed by atoms with Crippen molar-refractivity contribution in [3.8, 4) is 5.75 Å². The van der Waals surface area contributed by atoms with E-state index >= 15 is 0 Å². The molecule has 3 aliphatic rings. The van der Waals surface area contributed by atoms with Crippen molar-refractivity contribution in [1.82, 2.24) is 10.2 Å². The molecule has 0 saturated carbocycles. The molecule has 0 spiro atoms. The first kappa shape index (κ1) is 31.2. The fraction of sp³-hybridized carbons (Fsp3) is 0.406. The van der Waals surface area contributed by atoms with E-state index in [0.29, 0.717) is 23.4 Å². The van der Waals surface area contributed by atoms with Gasteiger partial charge in [0.1, 0.15) is 22.8 Å². The Bertz CT molecular complexity index is 1620. The quantitative estimate of drug-likeness (QED) is 0.164. The number of benzene rings is 2. The maximum Gasteiger partial charge on any atom is 0.255 e. The van der Waals surface area contributed by atoms with Crippen LogP contribution in [0.1, 0.15) is 33.5 Å². The first-order valence-electron chi connectivity index (χ1n) is 14.4. The van der Waals surface area contributed by atoms with Gasteiger partial charge >= 0.3 is 0 Å². The standard InChI is InChI=1S/C32H39N5O7/c1-36(2)20-13-18(15-35-11-10-16-8-6-5-7-9-16)24(38)22-19(20)12-17-14-31(34)27(37(3)4)26(40)23(30(33)43)29(42)32(31,44)28(41)21(17)25(22)39/h5-9,13,17,27,35,38,40-41,44H,10-12,14-15,34H2,1-4H3,(H2,33,43)/t17-,27?,31+,32-/m0/s1. The van der Waals surface area contributed by atoms with E-state index in [1.807, 2.05) is 55.4 Å². The zero-order valence-corrected chi connectivity index (χ0v) is 25.2. The van der Waals surface area contributed by atoms with Crippen LogP contribution < -0.4 is 21.7 Å². The van der Waals surface area contributed by atoms with Crippen LogP contribution in [0.4, 0.5) is 5.69 Å². The number of Topliss-reactive ketones (excluding diaryl/α,β-unsaturated/α-hetero) is 2. The summed E-state index contributed by atoms with van der Waals surface area (Å²) in [7, 11) is 6.68. The summed E-state index contributed by atoms with van der Waals surface area (Å²) in [4.78, 5) is 43.3. The van der Waals surface area contributed by atoms with Gasteiger partial charge in [-0.1, -0.05) is 30.3 Å². The molecule has 12 nitrogen and oxygen atoms in total. The molecule has 0 aliphatic heterocycles. The van der Waals surface area contributed by atoms with Crippen LogP contribution in [0.25, 0.3) is 0 Å². The van der Waals surface area contributed by atoms with Crippen LogP contribution in [0.2, 0.25) is 0 Å². The second-order valence-electron chi connectivity index (χ2n) is 12.3. The average Bonchev–Trinajstić information content (AvgIpc) is 2.94. The number of ketones is 2. The van der Waals surface area contributed by atoms with Gasteiger partial charge in [0.2, 0.25) is 11.4 Å². The largest absolute Gasteiger partial charge is 0.510 e. The zero-order chi connectivity index (χ0) is 32.3. The highest BCUT2D eigenvalue weighted by atomic mass is 16.4. The Hall–Kier alpha value is -4.23. The molecular formula is C32H39N5O7. The lowest BCUT2D eigenvalue weighted by molar-refractivity contribution is -0.152. The summed E-state index contributed by atoms with van der Waals surface area (Å²) < 4.78 is 0. The number of phenolic OH excluding ortho intramolecular Hbond substituents is 1. The van der Waals surface area contributed by atoms with E-state index in [0.717, 1.165) is 12.0 Å². The molecule has 0 radical (unpaired) electrons. The Balaban J connectivity index is 1.60. The first-order valence-corrected chi connectivity index (χ1v) is 14.4. The van der Waals surface area contributed by atoms with Crippen molar-refractivity contribution < 1.29 is 34.8 Å². The fourth-order valence-corrected chi connectivity index (χ4v) is 7.20. The number of amides is 1. The molecule has 0 saturated heterocycles. The Kier molecular flexibility index (Phi) is 7.83. The van der Waals surface area contributed by atoms with E-state index in [9.17, 15) is 34.8 Å². The zero-order valence-electron chi connectivity index (χ0n) is 25.2. The van der Waals surface area contributed by atoms with E-state index in [1.165, 1.54) is 19.0 Å². The number of allylic oxidation sites excluding steroid dienone is 1. The van der Waals surface area contributed by atoms with Crippen molar-refractivity contribution >= 4 is 23.2 Å². The lowest BCUT2D eigenvalue weighted by atomic mass is 9.54. The molecule has 9 N–H and O–H groups in total. The normalized spacial score (nSPS) is 26.4. The number of hydrogen-bond donors (Lipinski definition) is 7. The molecule has 234 valence electrons. The third-order valence-corrected chi connectivity index (χ3v) is 9.20. The molecule has 44 heavy (non-hydrogen) atoms. The number of fused-ring (bicyclic) bond motifs is 3. The van der Waals surface area contributed by atoms with Crippen LogP contribution in [0.5, 0.6) is 5.75 Å². The van der Waals surface area contributed by atoms with Gasteiger partial charge in [0, 0.05) is 37.5 Å². The summed E-state index contributed by atoms with van der Waals surface area (Å²) in [6, 6.07) is 10.4. The number of rotatable bonds is 8. The minimum Gasteiger partial charge on any atom is -0.510 e. The highest BCUT2D eigenvalue weighted by Crippen LogP contribution is 2.54. The summed E-state index contributed by atoms with van der Waals surface area (Å²) in [5.41, 5.74) is 8.80. The molecule has 4 atom stereocenters. The molecule has 2 aromatic carbocycles. The Labute approximate surface area is 255 Å². The van der Waals surface area contributed by atoms with Crippen LogP contribution in [0.3, 0.4) is 0 Å². The highest BCUT2D eigenvalue weighted by Gasteiger charge is 2.70. The van der Waals surface area contributed by atoms with Crippen molar-refractivity contribution in [2.24, 2.45) is 17.4 Å². The number of aliphatic hydroxyl groups is 3. The van der Waals surface area contributed by atoms with E-state index in [1.54, 1.807) is 0 Å². The number of aliphatic hydroxyl groups excluding tert-OH is 2. The maximum absolute atomic E-state index is 14.2. The molecule has 1 amide bonds. The monoisotopic (exact) mass is 605 g/mol. The Morgan fingerprint density at radius 1 is 1.09 bits per heavy atom. The van der Waals surface area contributed by atoms with E-state index in [4.69, 9.17) is 11.5 Å². The average molecular weight is 606 g/mol. The number of nitrogens with two attached hydrogens (primary N) is 2. The van der Waals surface area contributed by atoms with Crippen molar-refractivity contribution in [2.75, 3.05) is 39.6 Å². The molecule has 0 heterocycles. The number of aromatic hydroxyl groups is 1. The minimum atomic E-state index is -2.95. The topological polar surface area (TPSA) is 203 Å². The molecular weight excluding hydrogens is 566 g/mol. The maximum atomic E-state index is 14.2. The molecule has 12 heteroatoms. The molecule has 0 bridgehead atoms. The van der Waals surface area contributed by atoms with Crippen LogP contribution in [-0.2, 0) is 29.0 Å². The van der Waals surface area contributed by atoms with E-state index in [2.05, 4.69) is 5.32 Å². The summed E-state index contributed by atoms with van der Waals surface area (Å²) in [6.45, 7) is 0.864. The smallest absolute Gasteiger partial charge is 0.255 e. The SMILES string of the molecule is CN(C)c1cc(CNCCc2ccccc2)c(O)c2c1C[C@H]1C[C@@]3(N)C(N(C)C)C(O)=C(C(N)=O)C(=O)[C@@]3(O)C(O)=C1C2=O. The second-order valence-corrected chi connectivity index (χ2v) is 12.3. The molecule has 0 fully saturated rings. The molecule has 2 aromatic rings. The van der Waals surface area contributed by atoms with Crippen LogP contribution in [0, 0.1) is 5.92 Å². The lowest BCUT2D eigenvalue weighted by Crippen LogP contribution is -2.79. The van der Waals surface area contributed by atoms with Gasteiger partial charge < -0.3 is 42.1 Å². The van der Waals surface area contributed by atoms with E-state index in [-0.39, 0.29) is 36.3 Å². The molecule has 0 aromatic heterocycles. The third-order valence-electron chi connectivity index (χ3n) is 9.20. The van der Waals surface area contributed by atoms with Gasteiger partial charge in [-0.3, -0.25) is 19.3 Å². The predicted octanol–water partition coefficient (Wildman–Crippen LogP) is 0.600. The van der Waals surface area contributed by atoms with Crippen LogP contribution >= 0.6 is 0 Å². The summed E-state index contributed by atoms with van der Waals surface area (Å²) in [5.74, 6) is -6.24. The van der Waals surface area contributed by atoms with Crippen molar-refractivity contribution in [2.45, 2.75) is 43.0 Å². The number of phenols is 1. The van der Waals surface area contributed by atoms with Crippen molar-refractivity contribution in [3.63, 3.8) is 0 Å². The Morgan fingerprint density at radius 3 is 2.34 bits per heavy atom. The number of carbonyl (C=O) groups is 3. The highest BCUT2D eigenvalue weighted by molar-refractivity contribution is 6.25. The number of anilines is 1. The number of carbonyl (C=O) groups excluding carboxylic acids is 3. The van der Waals surface area contributed by atoms with Gasteiger partial charge in [0.15, 0.2) is 5.78 Å². The van der Waals surface area contributed by atoms with Gasteiger partial charge in [-0.05, 0) is 63.0 Å². The molecule has 3 aliphatic carbocycles. The number of hydrogen-bond acceptors (Lipinski definition) is 11. The molecule has 1 unspecified atom stereocenters. The van der Waals surface area contributed by atoms with Crippen molar-refractivity contribution in [3.05, 3.63) is 81.3 Å².